The van der Waals surface area contributed by atoms with Crippen molar-refractivity contribution in [1.29, 1.82) is 0 Å². The third-order valence-electron chi connectivity index (χ3n) is 1.81. The van der Waals surface area contributed by atoms with Crippen LogP contribution in [0.5, 0.6) is 0 Å². The van der Waals surface area contributed by atoms with Crippen LogP contribution >= 0.6 is 35.1 Å². The Kier molecular flexibility index (Phi) is 7.90. The fraction of sp³-hybridized carbons (Fsp3) is 0.455. The second kappa shape index (κ2) is 8.02. The van der Waals surface area contributed by atoms with Crippen molar-refractivity contribution in [3.8, 4) is 0 Å². The van der Waals surface area contributed by atoms with E-state index >= 15 is 0 Å². The van der Waals surface area contributed by atoms with E-state index in [2.05, 4.69) is 17.9 Å². The zero-order chi connectivity index (χ0) is 14.3. The van der Waals surface area contributed by atoms with Crippen molar-refractivity contribution >= 4 is 35.1 Å². The molecule has 0 aliphatic rings. The van der Waals surface area contributed by atoms with Gasteiger partial charge in [0, 0.05) is 17.2 Å². The number of hydrogen-bond acceptors (Lipinski definition) is 2. The Labute approximate surface area is 119 Å². The highest BCUT2D eigenvalue weighted by Gasteiger charge is 2.27. The summed E-state index contributed by atoms with van der Waals surface area (Å²) in [5.41, 5.74) is 0.533. The van der Waals surface area contributed by atoms with E-state index in [1.807, 2.05) is 0 Å². The first-order valence-electron chi connectivity index (χ1n) is 4.94. The summed E-state index contributed by atoms with van der Waals surface area (Å²) in [5.74, 6) is 0. The first-order valence-corrected chi connectivity index (χ1v) is 6.70. The number of hydrogen-bond donors (Lipinski definition) is 1. The monoisotopic (exact) mass is 319 g/mol. The number of halogens is 5. The topological polar surface area (TPSA) is 12.0 Å². The Hall–Kier alpha value is -0.260. The SMILES string of the molecule is C=CC(=C)NSC(C(C)Cl)C(Cl)/C=C/C(F)(F)F. The van der Waals surface area contributed by atoms with Crippen molar-refractivity contribution in [1.82, 2.24) is 4.72 Å². The van der Waals surface area contributed by atoms with Crippen molar-refractivity contribution in [2.24, 2.45) is 0 Å². The van der Waals surface area contributed by atoms with Crippen molar-refractivity contribution in [3.05, 3.63) is 37.1 Å². The van der Waals surface area contributed by atoms with Gasteiger partial charge in [-0.2, -0.15) is 13.2 Å². The highest BCUT2D eigenvalue weighted by Crippen LogP contribution is 2.27. The van der Waals surface area contributed by atoms with Gasteiger partial charge in [0.15, 0.2) is 0 Å². The molecule has 3 unspecified atom stereocenters. The average molecular weight is 320 g/mol. The molecule has 0 aliphatic heterocycles. The van der Waals surface area contributed by atoms with E-state index in [-0.39, 0.29) is 6.08 Å². The molecular weight excluding hydrogens is 306 g/mol. The summed E-state index contributed by atoms with van der Waals surface area (Å²) in [4.78, 5) is 0. The van der Waals surface area contributed by atoms with Crippen LogP contribution in [0.3, 0.4) is 0 Å². The van der Waals surface area contributed by atoms with Gasteiger partial charge in [-0.1, -0.05) is 19.2 Å². The molecule has 0 rings (SSSR count). The standard InChI is InChI=1S/C11H14Cl2F3NS/c1-4-7(2)17-18-10(8(3)12)9(13)5-6-11(14,15)16/h4-6,8-10,17H,1-2H2,3H3/b6-5+. The summed E-state index contributed by atoms with van der Waals surface area (Å²) in [6, 6.07) is 0. The summed E-state index contributed by atoms with van der Waals surface area (Å²) >= 11 is 12.9. The molecule has 1 N–H and O–H groups in total. The molecule has 0 radical (unpaired) electrons. The van der Waals surface area contributed by atoms with E-state index in [1.165, 1.54) is 6.08 Å². The Morgan fingerprint density at radius 1 is 1.39 bits per heavy atom. The smallest absolute Gasteiger partial charge is 0.330 e. The quantitative estimate of drug-likeness (QED) is 0.317. The van der Waals surface area contributed by atoms with Crippen LogP contribution < -0.4 is 4.72 Å². The molecule has 1 nitrogen and oxygen atoms in total. The van der Waals surface area contributed by atoms with Crippen molar-refractivity contribution in [3.63, 3.8) is 0 Å². The van der Waals surface area contributed by atoms with Crippen LogP contribution in [0.4, 0.5) is 13.2 Å². The maximum atomic E-state index is 12.0. The highest BCUT2D eigenvalue weighted by atomic mass is 35.5. The minimum absolute atomic E-state index is 0.111. The van der Waals surface area contributed by atoms with Crippen LogP contribution in [-0.4, -0.2) is 22.2 Å². The summed E-state index contributed by atoms with van der Waals surface area (Å²) in [5, 5.41) is -1.71. The Morgan fingerprint density at radius 3 is 2.33 bits per heavy atom. The summed E-state index contributed by atoms with van der Waals surface area (Å²) in [6.07, 6.45) is -1.90. The normalized spacial score (nSPS) is 17.2. The van der Waals surface area contributed by atoms with Crippen molar-refractivity contribution in [2.75, 3.05) is 0 Å². The maximum absolute atomic E-state index is 12.0. The molecule has 0 aromatic heterocycles. The Balaban J connectivity index is 4.55. The van der Waals surface area contributed by atoms with E-state index in [9.17, 15) is 13.2 Å². The molecule has 104 valence electrons. The molecule has 0 aromatic carbocycles. The molecule has 18 heavy (non-hydrogen) atoms. The number of nitrogens with one attached hydrogen (secondary N) is 1. The molecule has 0 spiro atoms. The van der Waals surface area contributed by atoms with Crippen molar-refractivity contribution < 1.29 is 13.2 Å². The number of rotatable bonds is 7. The van der Waals surface area contributed by atoms with Crippen LogP contribution in [0, 0.1) is 0 Å². The third-order valence-corrected chi connectivity index (χ3v) is 4.15. The molecule has 0 saturated heterocycles. The predicted octanol–water partition coefficient (Wildman–Crippen LogP) is 4.65. The number of allylic oxidation sites excluding steroid dienone is 3. The minimum atomic E-state index is -4.38. The van der Waals surface area contributed by atoms with Gasteiger partial charge in [0.05, 0.1) is 10.6 Å². The van der Waals surface area contributed by atoms with E-state index in [1.54, 1.807) is 6.92 Å². The van der Waals surface area contributed by atoms with E-state index in [0.717, 1.165) is 18.0 Å². The van der Waals surface area contributed by atoms with Gasteiger partial charge in [0.1, 0.15) is 0 Å². The zero-order valence-corrected chi connectivity index (χ0v) is 12.0. The van der Waals surface area contributed by atoms with E-state index < -0.39 is 22.2 Å². The lowest BCUT2D eigenvalue weighted by atomic mass is 10.2. The molecule has 0 fully saturated rings. The lowest BCUT2D eigenvalue weighted by Gasteiger charge is -2.22. The Bertz CT molecular complexity index is 316. The maximum Gasteiger partial charge on any atom is 0.409 e. The highest BCUT2D eigenvalue weighted by molar-refractivity contribution is 7.98. The molecule has 0 bridgehead atoms. The average Bonchev–Trinajstić information content (AvgIpc) is 2.24. The lowest BCUT2D eigenvalue weighted by Crippen LogP contribution is -2.28. The predicted molar refractivity (Wildman–Crippen MR) is 74.0 cm³/mol. The molecular formula is C11H14Cl2F3NS. The van der Waals surface area contributed by atoms with Gasteiger partial charge >= 0.3 is 6.18 Å². The van der Waals surface area contributed by atoms with Gasteiger partial charge in [-0.3, -0.25) is 0 Å². The largest absolute Gasteiger partial charge is 0.409 e. The molecule has 0 saturated carbocycles. The second-order valence-corrected chi connectivity index (χ2v) is 5.61. The van der Waals surface area contributed by atoms with Crippen LogP contribution in [0.15, 0.2) is 37.1 Å². The summed E-state index contributed by atoms with van der Waals surface area (Å²) in [7, 11) is 0. The van der Waals surface area contributed by atoms with Crippen LogP contribution in [-0.2, 0) is 0 Å². The molecule has 0 aliphatic carbocycles. The first kappa shape index (κ1) is 17.7. The van der Waals surface area contributed by atoms with E-state index in [0.29, 0.717) is 5.70 Å². The number of alkyl halides is 5. The molecule has 0 aromatic rings. The lowest BCUT2D eigenvalue weighted by molar-refractivity contribution is -0.0800. The van der Waals surface area contributed by atoms with E-state index in [4.69, 9.17) is 23.2 Å². The van der Waals surface area contributed by atoms with Crippen LogP contribution in [0.25, 0.3) is 0 Å². The third kappa shape index (κ3) is 7.95. The summed E-state index contributed by atoms with van der Waals surface area (Å²) in [6.45, 7) is 8.77. The van der Waals surface area contributed by atoms with Gasteiger partial charge in [-0.25, -0.2) is 0 Å². The fourth-order valence-corrected chi connectivity index (χ4v) is 2.52. The second-order valence-electron chi connectivity index (χ2n) is 3.44. The molecule has 0 heterocycles. The first-order chi connectivity index (χ1) is 8.17. The van der Waals surface area contributed by atoms with Gasteiger partial charge in [0.25, 0.3) is 0 Å². The van der Waals surface area contributed by atoms with Gasteiger partial charge in [0.2, 0.25) is 0 Å². The zero-order valence-electron chi connectivity index (χ0n) is 9.68. The minimum Gasteiger partial charge on any atom is -0.330 e. The molecule has 3 atom stereocenters. The fourth-order valence-electron chi connectivity index (χ4n) is 0.908. The van der Waals surface area contributed by atoms with Crippen LogP contribution in [0.1, 0.15) is 6.92 Å². The molecule has 0 amide bonds. The molecule has 7 heteroatoms. The van der Waals surface area contributed by atoms with Gasteiger partial charge in [-0.15, -0.1) is 23.2 Å². The summed E-state index contributed by atoms with van der Waals surface area (Å²) < 4.78 is 38.9. The van der Waals surface area contributed by atoms with Gasteiger partial charge in [-0.05, 0) is 24.9 Å². The Morgan fingerprint density at radius 2 is 1.94 bits per heavy atom. The van der Waals surface area contributed by atoms with Crippen LogP contribution in [0.2, 0.25) is 0 Å². The van der Waals surface area contributed by atoms with Crippen molar-refractivity contribution in [2.45, 2.75) is 29.1 Å². The van der Waals surface area contributed by atoms with Gasteiger partial charge < -0.3 is 4.72 Å².